The van der Waals surface area contributed by atoms with Crippen molar-refractivity contribution in [3.63, 3.8) is 0 Å². The number of rotatable bonds is 2. The van der Waals surface area contributed by atoms with Gasteiger partial charge >= 0.3 is 0 Å². The maximum atomic E-state index is 6.01. The van der Waals surface area contributed by atoms with Gasteiger partial charge in [0.2, 0.25) is 0 Å². The smallest absolute Gasteiger partial charge is 0.124 e. The molecule has 114 valence electrons. The average Bonchev–Trinajstić information content (AvgIpc) is 2.93. The first-order chi connectivity index (χ1) is 10.7. The average molecular weight is 358 g/mol. The van der Waals surface area contributed by atoms with Gasteiger partial charge < -0.3 is 10.1 Å². The highest BCUT2D eigenvalue weighted by atomic mass is 79.9. The topological polar surface area (TPSA) is 21.3 Å². The lowest BCUT2D eigenvalue weighted by molar-refractivity contribution is 0.187. The van der Waals surface area contributed by atoms with Crippen molar-refractivity contribution < 1.29 is 4.74 Å². The number of hydrogen-bond donors (Lipinski definition) is 1. The van der Waals surface area contributed by atoms with E-state index in [-0.39, 0.29) is 5.41 Å². The molecule has 1 N–H and O–H groups in total. The van der Waals surface area contributed by atoms with Crippen molar-refractivity contribution in [2.45, 2.75) is 31.2 Å². The van der Waals surface area contributed by atoms with Crippen LogP contribution in [0.3, 0.4) is 0 Å². The van der Waals surface area contributed by atoms with Gasteiger partial charge in [-0.1, -0.05) is 51.8 Å². The standard InChI is InChI=1S/C19H20BrNO/c1-13-2-4-14(5-3-13)11-19-8-9-21-18(19)12-22-17-10-15(20)6-7-16(17)19/h2-7,10,18,21H,8-9,11-12H2,1H3. The molecule has 2 heterocycles. The Hall–Kier alpha value is -1.32. The summed E-state index contributed by atoms with van der Waals surface area (Å²) in [6, 6.07) is 15.9. The number of ether oxygens (including phenoxy) is 1. The molecule has 1 fully saturated rings. The van der Waals surface area contributed by atoms with Crippen molar-refractivity contribution in [3.05, 3.63) is 63.6 Å². The Morgan fingerprint density at radius 3 is 2.86 bits per heavy atom. The number of hydrogen-bond acceptors (Lipinski definition) is 2. The van der Waals surface area contributed by atoms with Gasteiger partial charge in [-0.05, 0) is 44.0 Å². The second-order valence-electron chi connectivity index (χ2n) is 6.53. The van der Waals surface area contributed by atoms with Crippen molar-refractivity contribution in [3.8, 4) is 5.75 Å². The summed E-state index contributed by atoms with van der Waals surface area (Å²) in [5.41, 5.74) is 4.25. The fourth-order valence-corrected chi connectivity index (χ4v) is 4.30. The fraction of sp³-hybridized carbons (Fsp3) is 0.368. The van der Waals surface area contributed by atoms with Gasteiger partial charge in [0.25, 0.3) is 0 Å². The van der Waals surface area contributed by atoms with Gasteiger partial charge in [0, 0.05) is 15.5 Å². The molecule has 0 radical (unpaired) electrons. The molecule has 0 aliphatic carbocycles. The molecule has 2 unspecified atom stereocenters. The van der Waals surface area contributed by atoms with Crippen LogP contribution >= 0.6 is 15.9 Å². The third kappa shape index (κ3) is 2.27. The lowest BCUT2D eigenvalue weighted by Gasteiger charge is -2.41. The molecule has 0 spiro atoms. The van der Waals surface area contributed by atoms with Gasteiger partial charge in [-0.25, -0.2) is 0 Å². The molecule has 3 heteroatoms. The van der Waals surface area contributed by atoms with Crippen LogP contribution < -0.4 is 10.1 Å². The monoisotopic (exact) mass is 357 g/mol. The van der Waals surface area contributed by atoms with Gasteiger partial charge in [0.05, 0.1) is 6.04 Å². The van der Waals surface area contributed by atoms with Gasteiger partial charge in [-0.15, -0.1) is 0 Å². The molecule has 2 aromatic rings. The number of fused-ring (bicyclic) bond motifs is 3. The molecule has 0 bridgehead atoms. The summed E-state index contributed by atoms with van der Waals surface area (Å²) in [5.74, 6) is 1.04. The minimum atomic E-state index is 0.156. The summed E-state index contributed by atoms with van der Waals surface area (Å²) in [6.45, 7) is 3.97. The number of halogens is 1. The van der Waals surface area contributed by atoms with Crippen LogP contribution in [0, 0.1) is 6.92 Å². The second-order valence-corrected chi connectivity index (χ2v) is 7.44. The Morgan fingerprint density at radius 1 is 1.23 bits per heavy atom. The van der Waals surface area contributed by atoms with E-state index in [0.29, 0.717) is 6.04 Å². The molecule has 1 saturated heterocycles. The van der Waals surface area contributed by atoms with E-state index in [1.807, 2.05) is 0 Å². The van der Waals surface area contributed by atoms with Crippen LogP contribution in [0.25, 0.3) is 0 Å². The highest BCUT2D eigenvalue weighted by Crippen LogP contribution is 2.46. The summed E-state index contributed by atoms with van der Waals surface area (Å²) >= 11 is 3.56. The van der Waals surface area contributed by atoms with Crippen molar-refractivity contribution in [2.24, 2.45) is 0 Å². The Balaban J connectivity index is 1.78. The van der Waals surface area contributed by atoms with Crippen LogP contribution in [0.2, 0.25) is 0 Å². The lowest BCUT2D eigenvalue weighted by Crippen LogP contribution is -2.49. The zero-order valence-corrected chi connectivity index (χ0v) is 14.3. The summed E-state index contributed by atoms with van der Waals surface area (Å²) in [6.07, 6.45) is 2.24. The molecular formula is C19H20BrNO. The summed E-state index contributed by atoms with van der Waals surface area (Å²) in [4.78, 5) is 0. The molecule has 2 aliphatic heterocycles. The SMILES string of the molecule is Cc1ccc(CC23CCNC2COc2cc(Br)ccc23)cc1. The predicted octanol–water partition coefficient (Wildman–Crippen LogP) is 3.99. The highest BCUT2D eigenvalue weighted by Gasteiger charge is 2.48. The van der Waals surface area contributed by atoms with Gasteiger partial charge in [-0.2, -0.15) is 0 Å². The first-order valence-electron chi connectivity index (χ1n) is 7.89. The lowest BCUT2D eigenvalue weighted by atomic mass is 9.69. The minimum Gasteiger partial charge on any atom is -0.492 e. The van der Waals surface area contributed by atoms with Crippen molar-refractivity contribution in [1.29, 1.82) is 0 Å². The molecule has 2 aliphatic rings. The van der Waals surface area contributed by atoms with Gasteiger partial charge in [0.1, 0.15) is 12.4 Å². The Kier molecular flexibility index (Phi) is 3.50. The maximum absolute atomic E-state index is 6.01. The Bertz CT molecular complexity index is 697. The Morgan fingerprint density at radius 2 is 2.05 bits per heavy atom. The summed E-state index contributed by atoms with van der Waals surface area (Å²) in [5, 5.41) is 3.65. The van der Waals surface area contributed by atoms with Crippen LogP contribution in [0.5, 0.6) is 5.75 Å². The third-order valence-corrected chi connectivity index (χ3v) is 5.65. The largest absolute Gasteiger partial charge is 0.492 e. The van der Waals surface area contributed by atoms with Gasteiger partial charge in [0.15, 0.2) is 0 Å². The summed E-state index contributed by atoms with van der Waals surface area (Å²) < 4.78 is 7.09. The molecule has 2 nitrogen and oxygen atoms in total. The van der Waals surface area contributed by atoms with Crippen LogP contribution in [0.4, 0.5) is 0 Å². The Labute approximate surface area is 140 Å². The quantitative estimate of drug-likeness (QED) is 0.877. The third-order valence-electron chi connectivity index (χ3n) is 5.15. The molecule has 4 rings (SSSR count). The van der Waals surface area contributed by atoms with E-state index in [0.717, 1.165) is 29.8 Å². The van der Waals surface area contributed by atoms with Crippen LogP contribution in [-0.4, -0.2) is 19.2 Å². The predicted molar refractivity (Wildman–Crippen MR) is 92.6 cm³/mol. The van der Waals surface area contributed by atoms with E-state index >= 15 is 0 Å². The highest BCUT2D eigenvalue weighted by molar-refractivity contribution is 9.10. The van der Waals surface area contributed by atoms with Crippen LogP contribution in [0.1, 0.15) is 23.1 Å². The number of nitrogens with one attached hydrogen (secondary N) is 1. The van der Waals surface area contributed by atoms with E-state index in [1.54, 1.807) is 0 Å². The van der Waals surface area contributed by atoms with Crippen molar-refractivity contribution in [2.75, 3.05) is 13.2 Å². The molecular weight excluding hydrogens is 338 g/mol. The molecule has 22 heavy (non-hydrogen) atoms. The normalized spacial score (nSPS) is 26.2. The number of aryl methyl sites for hydroxylation is 1. The fourth-order valence-electron chi connectivity index (χ4n) is 3.96. The zero-order chi connectivity index (χ0) is 15.2. The molecule has 0 saturated carbocycles. The molecule has 0 amide bonds. The molecule has 2 atom stereocenters. The zero-order valence-electron chi connectivity index (χ0n) is 12.7. The van der Waals surface area contributed by atoms with E-state index in [1.165, 1.54) is 23.1 Å². The molecule has 2 aromatic carbocycles. The maximum Gasteiger partial charge on any atom is 0.124 e. The molecule has 0 aromatic heterocycles. The van der Waals surface area contributed by atoms with Crippen LogP contribution in [-0.2, 0) is 11.8 Å². The van der Waals surface area contributed by atoms with E-state index < -0.39 is 0 Å². The second kappa shape index (κ2) is 5.39. The van der Waals surface area contributed by atoms with Crippen molar-refractivity contribution in [1.82, 2.24) is 5.32 Å². The van der Waals surface area contributed by atoms with Crippen LogP contribution in [0.15, 0.2) is 46.9 Å². The minimum absolute atomic E-state index is 0.156. The van der Waals surface area contributed by atoms with Gasteiger partial charge in [-0.3, -0.25) is 0 Å². The number of benzene rings is 2. The van der Waals surface area contributed by atoms with E-state index in [9.17, 15) is 0 Å². The summed E-state index contributed by atoms with van der Waals surface area (Å²) in [7, 11) is 0. The first kappa shape index (κ1) is 14.3. The van der Waals surface area contributed by atoms with E-state index in [4.69, 9.17) is 4.74 Å². The van der Waals surface area contributed by atoms with Crippen molar-refractivity contribution >= 4 is 15.9 Å². The van der Waals surface area contributed by atoms with E-state index in [2.05, 4.69) is 70.6 Å². The first-order valence-corrected chi connectivity index (χ1v) is 8.68.